The summed E-state index contributed by atoms with van der Waals surface area (Å²) in [6, 6.07) is 13.7. The Balaban J connectivity index is 1.34. The molecule has 0 N–H and O–H groups in total. The average Bonchev–Trinajstić information content (AvgIpc) is 3.10. The van der Waals surface area contributed by atoms with Gasteiger partial charge in [0.1, 0.15) is 5.82 Å². The van der Waals surface area contributed by atoms with Crippen molar-refractivity contribution in [3.8, 4) is 11.1 Å². The first-order valence-electron chi connectivity index (χ1n) is 10.1. The van der Waals surface area contributed by atoms with Crippen LogP contribution >= 0.6 is 0 Å². The van der Waals surface area contributed by atoms with E-state index in [4.69, 9.17) is 0 Å². The van der Waals surface area contributed by atoms with Crippen LogP contribution in [0.3, 0.4) is 0 Å². The van der Waals surface area contributed by atoms with E-state index in [1.807, 2.05) is 12.1 Å². The molecule has 1 aliphatic carbocycles. The molecule has 1 amide bonds. The standard InChI is InChI=1S/C23H25FN2O/c24-19-7-4-16(5-8-19)17-6-9-22-18(14-17)10-13-26(23(22)27)21-11-12-25(15-21)20-2-1-3-20/h4-9,14,20-21H,1-3,10-13,15H2/t21-/m1/s1. The van der Waals surface area contributed by atoms with Crippen molar-refractivity contribution in [3.05, 3.63) is 59.4 Å². The lowest BCUT2D eigenvalue weighted by molar-refractivity contribution is 0.0647. The summed E-state index contributed by atoms with van der Waals surface area (Å²) in [6.07, 6.45) is 6.02. The summed E-state index contributed by atoms with van der Waals surface area (Å²) in [5, 5.41) is 0. The van der Waals surface area contributed by atoms with Crippen LogP contribution in [0.4, 0.5) is 4.39 Å². The molecule has 3 aliphatic rings. The molecule has 0 spiro atoms. The van der Waals surface area contributed by atoms with Crippen LogP contribution in [0, 0.1) is 5.82 Å². The zero-order valence-corrected chi connectivity index (χ0v) is 15.5. The summed E-state index contributed by atoms with van der Waals surface area (Å²) in [5.74, 6) is -0.0441. The van der Waals surface area contributed by atoms with Gasteiger partial charge < -0.3 is 4.90 Å². The van der Waals surface area contributed by atoms with Gasteiger partial charge in [0.25, 0.3) is 5.91 Å². The number of carbonyl (C=O) groups is 1. The van der Waals surface area contributed by atoms with Crippen LogP contribution in [0.1, 0.15) is 41.6 Å². The number of benzene rings is 2. The number of hydrogen-bond acceptors (Lipinski definition) is 2. The number of rotatable bonds is 3. The molecule has 3 nitrogen and oxygen atoms in total. The van der Waals surface area contributed by atoms with Crippen LogP contribution in [0.15, 0.2) is 42.5 Å². The fourth-order valence-corrected chi connectivity index (χ4v) is 4.78. The Hall–Kier alpha value is -2.20. The second kappa shape index (κ2) is 6.75. The Labute approximate surface area is 159 Å². The van der Waals surface area contributed by atoms with Crippen LogP contribution in [-0.2, 0) is 6.42 Å². The first-order chi connectivity index (χ1) is 13.2. The number of halogens is 1. The van der Waals surface area contributed by atoms with Gasteiger partial charge in [-0.1, -0.05) is 30.7 Å². The lowest BCUT2D eigenvalue weighted by Crippen LogP contribution is -2.47. The summed E-state index contributed by atoms with van der Waals surface area (Å²) >= 11 is 0. The minimum absolute atomic E-state index is 0.183. The molecule has 2 aromatic carbocycles. The van der Waals surface area contributed by atoms with Crippen LogP contribution in [0.2, 0.25) is 0 Å². The highest BCUT2D eigenvalue weighted by Gasteiger charge is 2.37. The van der Waals surface area contributed by atoms with Crippen molar-refractivity contribution in [1.82, 2.24) is 9.80 Å². The molecule has 1 saturated carbocycles. The molecular weight excluding hydrogens is 339 g/mol. The predicted octanol–water partition coefficient (Wildman–Crippen LogP) is 4.12. The smallest absolute Gasteiger partial charge is 0.254 e. The number of likely N-dealkylation sites (tertiary alicyclic amines) is 1. The quantitative estimate of drug-likeness (QED) is 0.818. The third-order valence-corrected chi connectivity index (χ3v) is 6.62. The molecule has 27 heavy (non-hydrogen) atoms. The monoisotopic (exact) mass is 364 g/mol. The molecule has 1 atom stereocenters. The molecule has 2 fully saturated rings. The second-order valence-electron chi connectivity index (χ2n) is 8.15. The van der Waals surface area contributed by atoms with Gasteiger partial charge >= 0.3 is 0 Å². The van der Waals surface area contributed by atoms with Crippen molar-refractivity contribution >= 4 is 5.91 Å². The van der Waals surface area contributed by atoms with Gasteiger partial charge in [-0.05, 0) is 60.6 Å². The average molecular weight is 364 g/mol. The maximum Gasteiger partial charge on any atom is 0.254 e. The van der Waals surface area contributed by atoms with Gasteiger partial charge in [0, 0.05) is 37.3 Å². The summed E-state index contributed by atoms with van der Waals surface area (Å²) in [6.45, 7) is 2.98. The number of amides is 1. The molecule has 140 valence electrons. The molecule has 0 bridgehead atoms. The van der Waals surface area contributed by atoms with Crippen molar-refractivity contribution in [2.45, 2.75) is 44.2 Å². The first-order valence-corrected chi connectivity index (χ1v) is 10.1. The van der Waals surface area contributed by atoms with E-state index in [0.717, 1.165) is 60.8 Å². The van der Waals surface area contributed by atoms with Crippen molar-refractivity contribution in [3.63, 3.8) is 0 Å². The zero-order valence-electron chi connectivity index (χ0n) is 15.5. The van der Waals surface area contributed by atoms with E-state index in [0.29, 0.717) is 6.04 Å². The van der Waals surface area contributed by atoms with Gasteiger partial charge in [-0.25, -0.2) is 4.39 Å². The van der Waals surface area contributed by atoms with Crippen LogP contribution in [0.25, 0.3) is 11.1 Å². The molecule has 1 saturated heterocycles. The molecule has 0 radical (unpaired) electrons. The fourth-order valence-electron chi connectivity index (χ4n) is 4.78. The van der Waals surface area contributed by atoms with Gasteiger partial charge in [0.2, 0.25) is 0 Å². The Kier molecular flexibility index (Phi) is 4.24. The molecule has 0 unspecified atom stereocenters. The molecule has 0 aromatic heterocycles. The molecular formula is C23H25FN2O. The van der Waals surface area contributed by atoms with E-state index >= 15 is 0 Å². The lowest BCUT2D eigenvalue weighted by atomic mass is 9.92. The van der Waals surface area contributed by atoms with Gasteiger partial charge in [-0.15, -0.1) is 0 Å². The summed E-state index contributed by atoms with van der Waals surface area (Å²) in [4.78, 5) is 17.8. The second-order valence-corrected chi connectivity index (χ2v) is 8.15. The van der Waals surface area contributed by atoms with Gasteiger partial charge in [0.15, 0.2) is 0 Å². The number of fused-ring (bicyclic) bond motifs is 1. The van der Waals surface area contributed by atoms with Crippen molar-refractivity contribution in [2.75, 3.05) is 19.6 Å². The Morgan fingerprint density at radius 2 is 1.67 bits per heavy atom. The topological polar surface area (TPSA) is 23.6 Å². The molecule has 2 heterocycles. The van der Waals surface area contributed by atoms with Gasteiger partial charge in [0.05, 0.1) is 0 Å². The first kappa shape index (κ1) is 16.9. The highest BCUT2D eigenvalue weighted by Crippen LogP contribution is 2.32. The van der Waals surface area contributed by atoms with Crippen LogP contribution in [0.5, 0.6) is 0 Å². The van der Waals surface area contributed by atoms with Crippen molar-refractivity contribution in [2.24, 2.45) is 0 Å². The Bertz CT molecular complexity index is 859. The van der Waals surface area contributed by atoms with Crippen LogP contribution < -0.4 is 0 Å². The normalized spacial score (nSPS) is 23.4. The fraction of sp³-hybridized carbons (Fsp3) is 0.435. The number of hydrogen-bond donors (Lipinski definition) is 0. The molecule has 2 aromatic rings. The van der Waals surface area contributed by atoms with E-state index in [1.54, 1.807) is 12.1 Å². The number of nitrogens with zero attached hydrogens (tertiary/aromatic N) is 2. The molecule has 4 heteroatoms. The van der Waals surface area contributed by atoms with Crippen LogP contribution in [-0.4, -0.2) is 47.4 Å². The number of carbonyl (C=O) groups excluding carboxylic acids is 1. The molecule has 5 rings (SSSR count). The highest BCUT2D eigenvalue weighted by molar-refractivity contribution is 5.97. The minimum Gasteiger partial charge on any atom is -0.334 e. The highest BCUT2D eigenvalue weighted by atomic mass is 19.1. The Morgan fingerprint density at radius 3 is 2.41 bits per heavy atom. The maximum absolute atomic E-state index is 13.2. The summed E-state index contributed by atoms with van der Waals surface area (Å²) < 4.78 is 13.2. The van der Waals surface area contributed by atoms with E-state index in [2.05, 4.69) is 15.9 Å². The van der Waals surface area contributed by atoms with Gasteiger partial charge in [-0.3, -0.25) is 9.69 Å². The zero-order chi connectivity index (χ0) is 18.4. The third kappa shape index (κ3) is 3.06. The summed E-state index contributed by atoms with van der Waals surface area (Å²) in [5.41, 5.74) is 3.99. The van der Waals surface area contributed by atoms with Crippen molar-refractivity contribution in [1.29, 1.82) is 0 Å². The minimum atomic E-state index is -0.227. The largest absolute Gasteiger partial charge is 0.334 e. The maximum atomic E-state index is 13.2. The van der Waals surface area contributed by atoms with Gasteiger partial charge in [-0.2, -0.15) is 0 Å². The van der Waals surface area contributed by atoms with Crippen molar-refractivity contribution < 1.29 is 9.18 Å². The van der Waals surface area contributed by atoms with E-state index in [9.17, 15) is 9.18 Å². The molecule has 2 aliphatic heterocycles. The SMILES string of the molecule is O=C1c2ccc(-c3ccc(F)cc3)cc2CCN1[C@@H]1CCN(C2CCC2)C1. The third-order valence-electron chi connectivity index (χ3n) is 6.62. The Morgan fingerprint density at radius 1 is 0.889 bits per heavy atom. The van der Waals surface area contributed by atoms with E-state index < -0.39 is 0 Å². The lowest BCUT2D eigenvalue weighted by Gasteiger charge is -2.37. The predicted molar refractivity (Wildman–Crippen MR) is 104 cm³/mol. The summed E-state index contributed by atoms with van der Waals surface area (Å²) in [7, 11) is 0. The van der Waals surface area contributed by atoms with E-state index in [-0.39, 0.29) is 11.7 Å². The van der Waals surface area contributed by atoms with E-state index in [1.165, 1.54) is 31.4 Å².